The number of nitrogens with two attached hydrogens (primary N) is 1. The van der Waals surface area contributed by atoms with Crippen LogP contribution in [-0.4, -0.2) is 26.0 Å². The third-order valence-electron chi connectivity index (χ3n) is 4.74. The maximum atomic E-state index is 12.3. The third kappa shape index (κ3) is 2.76. The average Bonchev–Trinajstić information content (AvgIpc) is 3.30. The zero-order valence-corrected chi connectivity index (χ0v) is 13.7. The molecule has 2 N–H and O–H groups in total. The molecule has 2 heterocycles. The molecule has 0 unspecified atom stereocenters. The molecule has 1 aromatic rings. The van der Waals surface area contributed by atoms with E-state index in [2.05, 4.69) is 11.8 Å². The van der Waals surface area contributed by atoms with Crippen LogP contribution in [0.2, 0.25) is 0 Å². The first-order chi connectivity index (χ1) is 10.2. The summed E-state index contributed by atoms with van der Waals surface area (Å²) in [5.74, 6) is 1.95. The van der Waals surface area contributed by atoms with E-state index in [1.54, 1.807) is 7.11 Å². The number of ether oxygens (including phenoxy) is 1. The van der Waals surface area contributed by atoms with Crippen molar-refractivity contribution in [1.29, 1.82) is 0 Å². The van der Waals surface area contributed by atoms with Crippen LogP contribution in [0.1, 0.15) is 48.7 Å². The molecule has 5 heteroatoms. The molecular weight excluding hydrogens is 284 g/mol. The summed E-state index contributed by atoms with van der Waals surface area (Å²) in [6, 6.07) is 0. The van der Waals surface area contributed by atoms with Crippen molar-refractivity contribution in [2.75, 3.05) is 30.8 Å². The molecular formula is C16H24N2O2S. The van der Waals surface area contributed by atoms with Gasteiger partial charge in [0.05, 0.1) is 17.7 Å². The monoisotopic (exact) mass is 308 g/mol. The first-order valence-corrected chi connectivity index (χ1v) is 8.72. The first kappa shape index (κ1) is 14.7. The van der Waals surface area contributed by atoms with E-state index >= 15 is 0 Å². The molecule has 0 bridgehead atoms. The second kappa shape index (κ2) is 5.87. The van der Waals surface area contributed by atoms with Gasteiger partial charge in [0.15, 0.2) is 11.5 Å². The normalized spacial score (nSPS) is 19.8. The molecule has 0 radical (unpaired) electrons. The summed E-state index contributed by atoms with van der Waals surface area (Å²) >= 11 is 1.53. The molecule has 21 heavy (non-hydrogen) atoms. The number of methoxy groups -OCH3 is 1. The zero-order chi connectivity index (χ0) is 15.0. The molecule has 2 aliphatic rings. The number of rotatable bonds is 5. The number of nitrogens with zero attached hydrogens (tertiary/aromatic N) is 1. The summed E-state index contributed by atoms with van der Waals surface area (Å²) in [6.45, 7) is 4.33. The number of piperidine rings is 1. The molecule has 116 valence electrons. The Balaban J connectivity index is 1.84. The number of hydrogen-bond acceptors (Lipinski definition) is 5. The molecule has 1 aromatic heterocycles. The first-order valence-electron chi connectivity index (χ1n) is 7.91. The van der Waals surface area contributed by atoms with Gasteiger partial charge in [0.2, 0.25) is 0 Å². The number of carbonyl (C=O) groups excluding carboxylic acids is 1. The Morgan fingerprint density at radius 1 is 1.33 bits per heavy atom. The lowest BCUT2D eigenvalue weighted by Gasteiger charge is -2.32. The van der Waals surface area contributed by atoms with E-state index in [9.17, 15) is 4.79 Å². The molecule has 1 aliphatic heterocycles. The summed E-state index contributed by atoms with van der Waals surface area (Å²) in [5, 5.41) is 1.05. The Morgan fingerprint density at radius 3 is 2.52 bits per heavy atom. The lowest BCUT2D eigenvalue weighted by atomic mass is 9.94. The van der Waals surface area contributed by atoms with Gasteiger partial charge in [-0.2, -0.15) is 0 Å². The standard InChI is InChI=1S/C16H24N2O2S/c1-3-10-6-8-18(9-7-10)16-14(20-2)12(17)15(21-16)13(19)11-4-5-11/h10-11H,3-9,17H2,1-2H3. The smallest absolute Gasteiger partial charge is 0.178 e. The SMILES string of the molecule is CCC1CCN(c2sc(C(=O)C3CC3)c(N)c2OC)CC1. The largest absolute Gasteiger partial charge is 0.492 e. The molecule has 0 aromatic carbocycles. The number of ketones is 1. The highest BCUT2D eigenvalue weighted by molar-refractivity contribution is 7.19. The van der Waals surface area contributed by atoms with E-state index in [1.165, 1.54) is 30.6 Å². The second-order valence-electron chi connectivity index (χ2n) is 6.16. The topological polar surface area (TPSA) is 55.6 Å². The fraction of sp³-hybridized carbons (Fsp3) is 0.688. The van der Waals surface area contributed by atoms with Crippen LogP contribution in [0.4, 0.5) is 10.7 Å². The molecule has 2 fully saturated rings. The highest BCUT2D eigenvalue weighted by Gasteiger charge is 2.35. The average molecular weight is 308 g/mol. The highest BCUT2D eigenvalue weighted by Crippen LogP contribution is 2.48. The highest BCUT2D eigenvalue weighted by atomic mass is 32.1. The quantitative estimate of drug-likeness (QED) is 0.845. The van der Waals surface area contributed by atoms with Gasteiger partial charge in [0.25, 0.3) is 0 Å². The molecule has 3 rings (SSSR count). The van der Waals surface area contributed by atoms with Crippen molar-refractivity contribution < 1.29 is 9.53 Å². The van der Waals surface area contributed by atoms with Crippen molar-refractivity contribution in [2.45, 2.75) is 39.0 Å². The van der Waals surface area contributed by atoms with Crippen LogP contribution in [0.15, 0.2) is 0 Å². The molecule has 0 spiro atoms. The number of Topliss-reactive ketones (excluding diaryl/α,β-unsaturated/α-hetero) is 1. The summed E-state index contributed by atoms with van der Waals surface area (Å²) in [5.41, 5.74) is 6.73. The Kier molecular flexibility index (Phi) is 4.11. The summed E-state index contributed by atoms with van der Waals surface area (Å²) in [7, 11) is 1.64. The molecule has 1 saturated carbocycles. The van der Waals surface area contributed by atoms with E-state index in [0.29, 0.717) is 16.3 Å². The molecule has 1 aliphatic carbocycles. The summed E-state index contributed by atoms with van der Waals surface area (Å²) < 4.78 is 5.51. The van der Waals surface area contributed by atoms with Crippen LogP contribution in [0.25, 0.3) is 0 Å². The van der Waals surface area contributed by atoms with Crippen LogP contribution in [-0.2, 0) is 0 Å². The van der Waals surface area contributed by atoms with Crippen molar-refractivity contribution in [3.05, 3.63) is 4.88 Å². The van der Waals surface area contributed by atoms with Gasteiger partial charge in [0.1, 0.15) is 5.00 Å². The van der Waals surface area contributed by atoms with Gasteiger partial charge >= 0.3 is 0 Å². The third-order valence-corrected chi connectivity index (χ3v) is 6.00. The zero-order valence-electron chi connectivity index (χ0n) is 12.9. The minimum atomic E-state index is 0.203. The second-order valence-corrected chi connectivity index (χ2v) is 7.16. The Morgan fingerprint density at radius 2 is 2.00 bits per heavy atom. The number of hydrogen-bond donors (Lipinski definition) is 1. The van der Waals surface area contributed by atoms with Crippen molar-refractivity contribution in [3.8, 4) is 5.75 Å². The Bertz CT molecular complexity index is 529. The van der Waals surface area contributed by atoms with Gasteiger partial charge in [-0.3, -0.25) is 4.79 Å². The van der Waals surface area contributed by atoms with Crippen LogP contribution in [0.3, 0.4) is 0 Å². The van der Waals surface area contributed by atoms with Crippen molar-refractivity contribution in [3.63, 3.8) is 0 Å². The predicted molar refractivity (Wildman–Crippen MR) is 87.6 cm³/mol. The number of nitrogen functional groups attached to an aromatic ring is 1. The molecule has 1 saturated heterocycles. The van der Waals surface area contributed by atoms with Gasteiger partial charge in [-0.25, -0.2) is 0 Å². The lowest BCUT2D eigenvalue weighted by Crippen LogP contribution is -2.33. The van der Waals surface area contributed by atoms with Gasteiger partial charge in [-0.1, -0.05) is 13.3 Å². The minimum Gasteiger partial charge on any atom is -0.492 e. The van der Waals surface area contributed by atoms with Crippen molar-refractivity contribution in [1.82, 2.24) is 0 Å². The Labute approximate surface area is 130 Å². The molecule has 4 nitrogen and oxygen atoms in total. The minimum absolute atomic E-state index is 0.203. The Hall–Kier alpha value is -1.23. The van der Waals surface area contributed by atoms with E-state index in [0.717, 1.165) is 36.9 Å². The van der Waals surface area contributed by atoms with E-state index in [4.69, 9.17) is 10.5 Å². The predicted octanol–water partition coefficient (Wildman–Crippen LogP) is 3.56. The van der Waals surface area contributed by atoms with Crippen LogP contribution < -0.4 is 15.4 Å². The van der Waals surface area contributed by atoms with E-state index < -0.39 is 0 Å². The van der Waals surface area contributed by atoms with E-state index in [-0.39, 0.29) is 11.7 Å². The van der Waals surface area contributed by atoms with Crippen molar-refractivity contribution >= 4 is 27.8 Å². The fourth-order valence-electron chi connectivity index (χ4n) is 3.08. The van der Waals surface area contributed by atoms with Gasteiger partial charge in [-0.15, -0.1) is 11.3 Å². The maximum Gasteiger partial charge on any atom is 0.178 e. The van der Waals surface area contributed by atoms with Crippen LogP contribution >= 0.6 is 11.3 Å². The van der Waals surface area contributed by atoms with E-state index in [1.807, 2.05) is 0 Å². The summed E-state index contributed by atoms with van der Waals surface area (Å²) in [6.07, 6.45) is 5.70. The lowest BCUT2D eigenvalue weighted by molar-refractivity contribution is 0.0972. The van der Waals surface area contributed by atoms with Gasteiger partial charge < -0.3 is 15.4 Å². The van der Waals surface area contributed by atoms with Gasteiger partial charge in [-0.05, 0) is 31.6 Å². The number of thiophene rings is 1. The molecule has 0 atom stereocenters. The van der Waals surface area contributed by atoms with Crippen LogP contribution in [0, 0.1) is 11.8 Å². The number of anilines is 2. The number of carbonyl (C=O) groups is 1. The maximum absolute atomic E-state index is 12.3. The van der Waals surface area contributed by atoms with Crippen LogP contribution in [0.5, 0.6) is 5.75 Å². The molecule has 0 amide bonds. The fourth-order valence-corrected chi connectivity index (χ4v) is 4.34. The summed E-state index contributed by atoms with van der Waals surface area (Å²) in [4.78, 5) is 15.4. The van der Waals surface area contributed by atoms with Gasteiger partial charge in [0, 0.05) is 19.0 Å². The van der Waals surface area contributed by atoms with Crippen molar-refractivity contribution in [2.24, 2.45) is 11.8 Å².